The predicted octanol–water partition coefficient (Wildman–Crippen LogP) is 9.61. The third kappa shape index (κ3) is 2.42. The lowest BCUT2D eigenvalue weighted by atomic mass is 9.82. The van der Waals surface area contributed by atoms with Crippen LogP contribution in [0, 0.1) is 0 Å². The highest BCUT2D eigenvalue weighted by atomic mass is 14.4. The maximum atomic E-state index is 2.39. The first kappa shape index (κ1) is 19.2. The van der Waals surface area contributed by atoms with Crippen LogP contribution in [0.5, 0.6) is 0 Å². The summed E-state index contributed by atoms with van der Waals surface area (Å²) >= 11 is 0. The third-order valence-electron chi connectivity index (χ3n) is 8.38. The summed E-state index contributed by atoms with van der Waals surface area (Å²) in [5.41, 5.74) is 13.6. The average Bonchev–Trinajstić information content (AvgIpc) is 3.34. The second-order valence-electron chi connectivity index (χ2n) is 10.6. The molecule has 35 heavy (non-hydrogen) atoms. The van der Waals surface area contributed by atoms with Crippen LogP contribution in [0.3, 0.4) is 0 Å². The van der Waals surface area contributed by atoms with Gasteiger partial charge >= 0.3 is 0 Å². The Kier molecular flexibility index (Phi) is 3.56. The van der Waals surface area contributed by atoms with Crippen LogP contribution in [0.2, 0.25) is 0 Å². The highest BCUT2D eigenvalue weighted by molar-refractivity contribution is 6.16. The fourth-order valence-electron chi connectivity index (χ4n) is 6.70. The molecule has 2 aliphatic carbocycles. The van der Waals surface area contributed by atoms with Crippen molar-refractivity contribution in [2.24, 2.45) is 0 Å². The van der Waals surface area contributed by atoms with Crippen molar-refractivity contribution in [2.45, 2.75) is 19.3 Å². The SMILES string of the molecule is CC1(C)c2ccccc2-c2c1ccc1cc(-c3cc4c5c(cccc5c3)-c3ccccc3-4)ccc21. The Labute approximate surface area is 205 Å². The molecule has 0 unspecified atom stereocenters. The van der Waals surface area contributed by atoms with Crippen molar-refractivity contribution in [3.63, 3.8) is 0 Å². The summed E-state index contributed by atoms with van der Waals surface area (Å²) in [6.07, 6.45) is 0. The standard InChI is InChI=1S/C35H24/c1-35(2)31-13-6-5-11-29(31)34-25-16-14-21(18-22(25)15-17-32(34)35)24-19-23-8-7-12-28-26-9-3-4-10-27(26)30(20-24)33(23)28/h3-20H,1-2H3. The Morgan fingerprint density at radius 1 is 0.457 bits per heavy atom. The molecule has 8 rings (SSSR count). The molecule has 0 heteroatoms. The molecule has 0 saturated heterocycles. The van der Waals surface area contributed by atoms with Crippen LogP contribution in [-0.2, 0) is 5.41 Å². The van der Waals surface area contributed by atoms with E-state index in [2.05, 4.69) is 123 Å². The zero-order valence-corrected chi connectivity index (χ0v) is 19.9. The Balaban J connectivity index is 1.36. The lowest BCUT2D eigenvalue weighted by Crippen LogP contribution is -2.14. The van der Waals surface area contributed by atoms with Crippen LogP contribution >= 0.6 is 0 Å². The van der Waals surface area contributed by atoms with Crippen LogP contribution in [0.15, 0.2) is 109 Å². The molecule has 2 aliphatic rings. The molecular formula is C35H24. The van der Waals surface area contributed by atoms with Crippen molar-refractivity contribution in [1.82, 2.24) is 0 Å². The van der Waals surface area contributed by atoms with E-state index in [1.807, 2.05) is 0 Å². The van der Waals surface area contributed by atoms with Crippen molar-refractivity contribution >= 4 is 21.5 Å². The lowest BCUT2D eigenvalue weighted by Gasteiger charge is -2.21. The molecule has 0 amide bonds. The molecule has 0 bridgehead atoms. The topological polar surface area (TPSA) is 0 Å². The molecule has 0 atom stereocenters. The number of benzene rings is 6. The highest BCUT2D eigenvalue weighted by Gasteiger charge is 2.36. The van der Waals surface area contributed by atoms with E-state index in [1.54, 1.807) is 0 Å². The monoisotopic (exact) mass is 444 g/mol. The maximum absolute atomic E-state index is 2.39. The van der Waals surface area contributed by atoms with E-state index < -0.39 is 0 Å². The number of rotatable bonds is 1. The summed E-state index contributed by atoms with van der Waals surface area (Å²) < 4.78 is 0. The highest BCUT2D eigenvalue weighted by Crippen LogP contribution is 2.52. The van der Waals surface area contributed by atoms with Gasteiger partial charge in [-0.15, -0.1) is 0 Å². The summed E-state index contributed by atoms with van der Waals surface area (Å²) in [5.74, 6) is 0. The van der Waals surface area contributed by atoms with Gasteiger partial charge in [-0.25, -0.2) is 0 Å². The number of hydrogen-bond acceptors (Lipinski definition) is 0. The van der Waals surface area contributed by atoms with Gasteiger partial charge in [-0.2, -0.15) is 0 Å². The van der Waals surface area contributed by atoms with Crippen LogP contribution in [0.1, 0.15) is 25.0 Å². The summed E-state index contributed by atoms with van der Waals surface area (Å²) in [6.45, 7) is 4.70. The van der Waals surface area contributed by atoms with Gasteiger partial charge in [0, 0.05) is 5.41 Å². The van der Waals surface area contributed by atoms with E-state index in [0.29, 0.717) is 0 Å². The van der Waals surface area contributed by atoms with E-state index in [0.717, 1.165) is 0 Å². The number of fused-ring (bicyclic) bond motifs is 8. The average molecular weight is 445 g/mol. The van der Waals surface area contributed by atoms with Gasteiger partial charge in [0.15, 0.2) is 0 Å². The molecule has 164 valence electrons. The van der Waals surface area contributed by atoms with Crippen LogP contribution in [-0.4, -0.2) is 0 Å². The smallest absolute Gasteiger partial charge is 0.0159 e. The molecule has 0 aromatic heterocycles. The predicted molar refractivity (Wildman–Crippen MR) is 149 cm³/mol. The maximum Gasteiger partial charge on any atom is 0.0159 e. The lowest BCUT2D eigenvalue weighted by molar-refractivity contribution is 0.661. The van der Waals surface area contributed by atoms with E-state index in [4.69, 9.17) is 0 Å². The fraction of sp³-hybridized carbons (Fsp3) is 0.0857. The van der Waals surface area contributed by atoms with Gasteiger partial charge in [0.05, 0.1) is 0 Å². The first-order valence-corrected chi connectivity index (χ1v) is 12.5. The van der Waals surface area contributed by atoms with E-state index in [9.17, 15) is 0 Å². The molecule has 0 N–H and O–H groups in total. The van der Waals surface area contributed by atoms with E-state index in [1.165, 1.54) is 77.2 Å². The molecule has 0 aliphatic heterocycles. The van der Waals surface area contributed by atoms with Crippen molar-refractivity contribution in [2.75, 3.05) is 0 Å². The molecule has 0 saturated carbocycles. The summed E-state index contributed by atoms with van der Waals surface area (Å²) in [4.78, 5) is 0. The minimum Gasteiger partial charge on any atom is -0.0619 e. The minimum atomic E-state index is 0.0341. The largest absolute Gasteiger partial charge is 0.0619 e. The second-order valence-corrected chi connectivity index (χ2v) is 10.6. The molecule has 0 heterocycles. The van der Waals surface area contributed by atoms with Crippen molar-refractivity contribution < 1.29 is 0 Å². The Bertz CT molecular complexity index is 1870. The Hall–Kier alpha value is -4.16. The van der Waals surface area contributed by atoms with Crippen LogP contribution < -0.4 is 0 Å². The van der Waals surface area contributed by atoms with Crippen molar-refractivity contribution in [1.29, 1.82) is 0 Å². The van der Waals surface area contributed by atoms with Gasteiger partial charge in [0.2, 0.25) is 0 Å². The molecule has 6 aromatic rings. The van der Waals surface area contributed by atoms with Gasteiger partial charge in [0.25, 0.3) is 0 Å². The first-order valence-electron chi connectivity index (χ1n) is 12.5. The van der Waals surface area contributed by atoms with E-state index >= 15 is 0 Å². The van der Waals surface area contributed by atoms with Crippen molar-refractivity contribution in [3.05, 3.63) is 120 Å². The minimum absolute atomic E-state index is 0.0341. The molecule has 6 aromatic carbocycles. The molecule has 0 fully saturated rings. The normalized spacial score (nSPS) is 14.2. The Morgan fingerprint density at radius 3 is 2.03 bits per heavy atom. The summed E-state index contributed by atoms with van der Waals surface area (Å²) in [6, 6.07) is 40.9. The van der Waals surface area contributed by atoms with Gasteiger partial charge in [-0.05, 0) is 95.4 Å². The number of hydrogen-bond donors (Lipinski definition) is 0. The van der Waals surface area contributed by atoms with Crippen LogP contribution in [0.4, 0.5) is 0 Å². The first-order chi connectivity index (χ1) is 17.1. The Morgan fingerprint density at radius 2 is 1.17 bits per heavy atom. The van der Waals surface area contributed by atoms with Crippen LogP contribution in [0.25, 0.3) is 66.1 Å². The summed E-state index contributed by atoms with van der Waals surface area (Å²) in [5, 5.41) is 5.35. The van der Waals surface area contributed by atoms with Gasteiger partial charge in [-0.1, -0.05) is 105 Å². The second kappa shape index (κ2) is 6.49. The van der Waals surface area contributed by atoms with E-state index in [-0.39, 0.29) is 5.41 Å². The zero-order chi connectivity index (χ0) is 23.3. The molecule has 0 radical (unpaired) electrons. The summed E-state index contributed by atoms with van der Waals surface area (Å²) in [7, 11) is 0. The molecule has 0 spiro atoms. The zero-order valence-electron chi connectivity index (χ0n) is 19.9. The van der Waals surface area contributed by atoms with Crippen molar-refractivity contribution in [3.8, 4) is 44.5 Å². The molecule has 0 nitrogen and oxygen atoms in total. The third-order valence-corrected chi connectivity index (χ3v) is 8.38. The van der Waals surface area contributed by atoms with Gasteiger partial charge < -0.3 is 0 Å². The van der Waals surface area contributed by atoms with Gasteiger partial charge in [-0.3, -0.25) is 0 Å². The van der Waals surface area contributed by atoms with Gasteiger partial charge in [0.1, 0.15) is 0 Å². The fourth-order valence-corrected chi connectivity index (χ4v) is 6.70. The molecular weight excluding hydrogens is 420 g/mol. The quantitative estimate of drug-likeness (QED) is 0.236.